The lowest BCUT2D eigenvalue weighted by molar-refractivity contribution is 0.0842. The molecular formula is C28H34N4OS. The van der Waals surface area contributed by atoms with E-state index in [9.17, 15) is 0 Å². The first-order valence-electron chi connectivity index (χ1n) is 12.2. The van der Waals surface area contributed by atoms with Crippen LogP contribution in [-0.2, 0) is 4.74 Å². The fraction of sp³-hybridized carbons (Fsp3) is 0.429. The van der Waals surface area contributed by atoms with Crippen LogP contribution in [0.3, 0.4) is 0 Å². The van der Waals surface area contributed by atoms with E-state index in [0.717, 1.165) is 36.8 Å². The van der Waals surface area contributed by atoms with Crippen LogP contribution in [0.4, 0.5) is 0 Å². The van der Waals surface area contributed by atoms with E-state index in [4.69, 9.17) is 21.9 Å². The van der Waals surface area contributed by atoms with Crippen molar-refractivity contribution in [1.82, 2.24) is 19.8 Å². The number of thiocarbonyl (C=S) groups is 1. The summed E-state index contributed by atoms with van der Waals surface area (Å²) < 4.78 is 8.43. The number of benzene rings is 1. The van der Waals surface area contributed by atoms with Gasteiger partial charge in [-0.1, -0.05) is 23.8 Å². The molecule has 3 unspecified atom stereocenters. The van der Waals surface area contributed by atoms with Crippen LogP contribution in [-0.4, -0.2) is 38.8 Å². The maximum atomic E-state index is 6.01. The van der Waals surface area contributed by atoms with E-state index in [1.807, 2.05) is 12.3 Å². The molecule has 0 spiro atoms. The molecule has 2 saturated heterocycles. The number of ether oxygens (including phenoxy) is 1. The molecule has 1 aromatic carbocycles. The number of pyridine rings is 1. The minimum Gasteiger partial charge on any atom is -0.376 e. The van der Waals surface area contributed by atoms with Crippen LogP contribution in [0.25, 0.3) is 5.69 Å². The SMILES string of the molecule is Cc1cc(C)c(-n2c(C)cc(C3C(c4ccccn4)NC(=S)N3CC3CCCO3)c2C)c(C)c1. The highest BCUT2D eigenvalue weighted by molar-refractivity contribution is 7.80. The molecule has 3 aromatic rings. The van der Waals surface area contributed by atoms with Crippen LogP contribution in [0.15, 0.2) is 42.6 Å². The second-order valence-corrected chi connectivity index (χ2v) is 10.2. The molecule has 0 aliphatic carbocycles. The van der Waals surface area contributed by atoms with E-state index in [1.54, 1.807) is 0 Å². The van der Waals surface area contributed by atoms with Crippen LogP contribution in [0.2, 0.25) is 0 Å². The molecule has 1 N–H and O–H groups in total. The summed E-state index contributed by atoms with van der Waals surface area (Å²) in [5, 5.41) is 4.38. The van der Waals surface area contributed by atoms with Crippen LogP contribution in [0.5, 0.6) is 0 Å². The van der Waals surface area contributed by atoms with Gasteiger partial charge in [-0.25, -0.2) is 0 Å². The van der Waals surface area contributed by atoms with E-state index in [-0.39, 0.29) is 18.2 Å². The second kappa shape index (κ2) is 9.16. The molecule has 2 aromatic heterocycles. The lowest BCUT2D eigenvalue weighted by atomic mass is 9.96. The Bertz CT molecular complexity index is 1190. The Hall–Kier alpha value is -2.70. The summed E-state index contributed by atoms with van der Waals surface area (Å²) in [4.78, 5) is 7.04. The predicted molar refractivity (Wildman–Crippen MR) is 141 cm³/mol. The maximum absolute atomic E-state index is 6.01. The molecule has 2 aliphatic rings. The fourth-order valence-corrected chi connectivity index (χ4v) is 6.22. The predicted octanol–water partition coefficient (Wildman–Crippen LogP) is 5.57. The number of hydrogen-bond acceptors (Lipinski definition) is 3. The van der Waals surface area contributed by atoms with Gasteiger partial charge < -0.3 is 19.5 Å². The maximum Gasteiger partial charge on any atom is 0.170 e. The van der Waals surface area contributed by atoms with Crippen LogP contribution in [0, 0.1) is 34.6 Å². The quantitative estimate of drug-likeness (QED) is 0.490. The number of nitrogens with one attached hydrogen (secondary N) is 1. The van der Waals surface area contributed by atoms with Crippen molar-refractivity contribution in [2.75, 3.05) is 13.2 Å². The molecule has 2 fully saturated rings. The Morgan fingerprint density at radius 2 is 1.85 bits per heavy atom. The Morgan fingerprint density at radius 3 is 2.50 bits per heavy atom. The Morgan fingerprint density at radius 1 is 1.09 bits per heavy atom. The molecule has 0 saturated carbocycles. The van der Waals surface area contributed by atoms with Crippen molar-refractivity contribution < 1.29 is 4.74 Å². The number of nitrogens with zero attached hydrogens (tertiary/aromatic N) is 3. The third-order valence-corrected chi connectivity index (χ3v) is 7.62. The molecule has 3 atom stereocenters. The molecule has 6 heteroatoms. The zero-order valence-corrected chi connectivity index (χ0v) is 21.6. The molecule has 34 heavy (non-hydrogen) atoms. The average molecular weight is 475 g/mol. The van der Waals surface area contributed by atoms with E-state index < -0.39 is 0 Å². The average Bonchev–Trinajstić information content (AvgIpc) is 3.49. The van der Waals surface area contributed by atoms with E-state index in [2.05, 4.69) is 79.7 Å². The van der Waals surface area contributed by atoms with Gasteiger partial charge in [-0.05, 0) is 94.6 Å². The van der Waals surface area contributed by atoms with Gasteiger partial charge in [0, 0.05) is 30.7 Å². The number of hydrogen-bond donors (Lipinski definition) is 1. The number of aryl methyl sites for hydroxylation is 4. The van der Waals surface area contributed by atoms with Crippen molar-refractivity contribution in [2.24, 2.45) is 0 Å². The zero-order valence-electron chi connectivity index (χ0n) is 20.8. The zero-order chi connectivity index (χ0) is 24.0. The molecule has 4 heterocycles. The summed E-state index contributed by atoms with van der Waals surface area (Å²) >= 11 is 5.89. The highest BCUT2D eigenvalue weighted by atomic mass is 32.1. The molecule has 5 rings (SSSR count). The van der Waals surface area contributed by atoms with Crippen molar-refractivity contribution in [3.63, 3.8) is 0 Å². The first-order valence-corrected chi connectivity index (χ1v) is 12.6. The molecule has 5 nitrogen and oxygen atoms in total. The summed E-state index contributed by atoms with van der Waals surface area (Å²) in [6, 6.07) is 13.0. The fourth-order valence-electron chi connectivity index (χ4n) is 5.90. The van der Waals surface area contributed by atoms with Crippen LogP contribution >= 0.6 is 12.2 Å². The largest absolute Gasteiger partial charge is 0.376 e. The minimum atomic E-state index is -0.00994. The molecule has 0 amide bonds. The summed E-state index contributed by atoms with van der Waals surface area (Å²) in [7, 11) is 0. The first-order chi connectivity index (χ1) is 16.3. The Kier molecular flexibility index (Phi) is 6.21. The van der Waals surface area contributed by atoms with E-state index in [1.165, 1.54) is 39.3 Å². The number of aromatic nitrogens is 2. The molecule has 178 valence electrons. The topological polar surface area (TPSA) is 42.3 Å². The monoisotopic (exact) mass is 474 g/mol. The number of rotatable bonds is 5. The van der Waals surface area contributed by atoms with Gasteiger partial charge in [0.05, 0.1) is 29.6 Å². The van der Waals surface area contributed by atoms with Gasteiger partial charge in [0.25, 0.3) is 0 Å². The van der Waals surface area contributed by atoms with Crippen LogP contribution in [0.1, 0.15) is 64.3 Å². The molecule has 0 radical (unpaired) electrons. The Balaban J connectivity index is 1.62. The third kappa shape index (κ3) is 4.03. The highest BCUT2D eigenvalue weighted by Crippen LogP contribution is 2.42. The van der Waals surface area contributed by atoms with Gasteiger partial charge in [0.15, 0.2) is 5.11 Å². The minimum absolute atomic E-state index is 0.00994. The second-order valence-electron chi connectivity index (χ2n) is 9.82. The van der Waals surface area contributed by atoms with Crippen LogP contribution < -0.4 is 5.32 Å². The van der Waals surface area contributed by atoms with Gasteiger partial charge in [-0.2, -0.15) is 0 Å². The van der Waals surface area contributed by atoms with Gasteiger partial charge >= 0.3 is 0 Å². The summed E-state index contributed by atoms with van der Waals surface area (Å²) in [6.45, 7) is 12.7. The molecular weight excluding hydrogens is 440 g/mol. The summed E-state index contributed by atoms with van der Waals surface area (Å²) in [6.07, 6.45) is 4.28. The lowest BCUT2D eigenvalue weighted by Crippen LogP contribution is -2.36. The van der Waals surface area contributed by atoms with Crippen molar-refractivity contribution in [3.05, 3.63) is 81.9 Å². The van der Waals surface area contributed by atoms with Crippen molar-refractivity contribution in [2.45, 2.75) is 65.6 Å². The Labute approximate surface area is 208 Å². The smallest absolute Gasteiger partial charge is 0.170 e. The normalized spacial score (nSPS) is 22.4. The standard InChI is InChI=1S/C28H34N4OS/c1-17-13-18(2)26(19(3)14-17)32-20(4)15-23(21(32)5)27-25(24-10-6-7-11-29-24)30-28(34)31(27)16-22-9-8-12-33-22/h6-7,10-11,13-15,22,25,27H,8-9,12,16H2,1-5H3,(H,30,34). The van der Waals surface area contributed by atoms with E-state index in [0.29, 0.717) is 0 Å². The van der Waals surface area contributed by atoms with E-state index >= 15 is 0 Å². The van der Waals surface area contributed by atoms with Gasteiger partial charge in [0.1, 0.15) is 0 Å². The van der Waals surface area contributed by atoms with Gasteiger partial charge in [-0.3, -0.25) is 4.98 Å². The molecule has 0 bridgehead atoms. The summed E-state index contributed by atoms with van der Waals surface area (Å²) in [5.74, 6) is 0. The van der Waals surface area contributed by atoms with Gasteiger partial charge in [-0.15, -0.1) is 0 Å². The third-order valence-electron chi connectivity index (χ3n) is 7.27. The molecule has 2 aliphatic heterocycles. The van der Waals surface area contributed by atoms with Gasteiger partial charge in [0.2, 0.25) is 0 Å². The van der Waals surface area contributed by atoms with Crippen molar-refractivity contribution >= 4 is 17.3 Å². The van der Waals surface area contributed by atoms with Crippen molar-refractivity contribution in [1.29, 1.82) is 0 Å². The van der Waals surface area contributed by atoms with Crippen molar-refractivity contribution in [3.8, 4) is 5.69 Å². The highest BCUT2D eigenvalue weighted by Gasteiger charge is 2.42. The first kappa shape index (κ1) is 23.1. The lowest BCUT2D eigenvalue weighted by Gasteiger charge is -2.30. The summed E-state index contributed by atoms with van der Waals surface area (Å²) in [5.41, 5.74) is 9.95.